The van der Waals surface area contributed by atoms with Crippen LogP contribution in [0.25, 0.3) is 22.3 Å². The summed E-state index contributed by atoms with van der Waals surface area (Å²) in [4.78, 5) is 56.0. The van der Waals surface area contributed by atoms with Gasteiger partial charge in [-0.25, -0.2) is 9.18 Å². The molecule has 5 rings (SSSR count). The summed E-state index contributed by atoms with van der Waals surface area (Å²) in [6.07, 6.45) is -1.77. The minimum atomic E-state index is -2.82. The number of morpholine rings is 1. The predicted octanol–water partition coefficient (Wildman–Crippen LogP) is 0.0283. The first-order chi connectivity index (χ1) is 17.6. The quantitative estimate of drug-likeness (QED) is 0.230. The van der Waals surface area contributed by atoms with Crippen LogP contribution in [-0.4, -0.2) is 57.0 Å². The van der Waals surface area contributed by atoms with Gasteiger partial charge in [0.15, 0.2) is 11.9 Å². The molecule has 3 heterocycles. The van der Waals surface area contributed by atoms with Crippen molar-refractivity contribution in [1.29, 1.82) is 0 Å². The van der Waals surface area contributed by atoms with Crippen LogP contribution in [0.2, 0.25) is 0 Å². The van der Waals surface area contributed by atoms with Gasteiger partial charge in [0.2, 0.25) is 11.3 Å². The number of carbonyl (C=O) groups excluding carboxylic acids is 2. The number of anilines is 2. The highest BCUT2D eigenvalue weighted by atomic mass is 19.1. The monoisotopic (exact) mass is 510 g/mol. The molecule has 0 spiro atoms. The molecule has 2 aromatic heterocycles. The molecule has 0 aliphatic carbocycles. The fourth-order valence-corrected chi connectivity index (χ4v) is 3.95. The third kappa shape index (κ3) is 4.51. The molecule has 37 heavy (non-hydrogen) atoms. The number of aromatic amines is 2. The lowest BCUT2D eigenvalue weighted by Gasteiger charge is -2.38. The molecule has 1 aliphatic heterocycles. The highest BCUT2D eigenvalue weighted by Gasteiger charge is 2.49. The Bertz CT molecular complexity index is 1640. The molecule has 1 aliphatic rings. The first kappa shape index (κ1) is 24.1. The molecule has 4 aromatic rings. The molecule has 0 unspecified atom stereocenters. The van der Waals surface area contributed by atoms with E-state index < -0.39 is 35.2 Å². The number of nitrogens with zero attached hydrogens (tertiary/aromatic N) is 2. The molecule has 2 atom stereocenters. The average Bonchev–Trinajstić information content (AvgIpc) is 3.29. The molecule has 6 N–H and O–H groups in total. The number of hydrogen-bond acceptors (Lipinski definition) is 9. The van der Waals surface area contributed by atoms with E-state index in [9.17, 15) is 28.7 Å². The van der Waals surface area contributed by atoms with E-state index in [1.165, 1.54) is 23.1 Å². The van der Waals surface area contributed by atoms with Gasteiger partial charge in [-0.2, -0.15) is 10.1 Å². The summed E-state index contributed by atoms with van der Waals surface area (Å²) in [5.41, 5.74) is 3.58. The number of ether oxygens (including phenoxy) is 1. The summed E-state index contributed by atoms with van der Waals surface area (Å²) in [6.45, 7) is 0.0881. The maximum atomic E-state index is 14.5. The second-order valence-corrected chi connectivity index (χ2v) is 8.24. The Morgan fingerprint density at radius 3 is 2.73 bits per heavy atom. The molecule has 2 amide bonds. The largest absolute Gasteiger partial charge is 0.460 e. The lowest BCUT2D eigenvalue weighted by molar-refractivity contribution is -0.167. The minimum Gasteiger partial charge on any atom is -0.365 e. The SMILES string of the molecule is N[C@@](O)(C(=O)Nc1ccc(-c2nc(=O)o[nH]2)c(F)c1)[C@H]1OCCN(c2ccc3[nH]c(=O)ccc3c2)C1=O. The van der Waals surface area contributed by atoms with Crippen molar-refractivity contribution in [2.24, 2.45) is 5.73 Å². The van der Waals surface area contributed by atoms with Crippen LogP contribution < -0.4 is 27.3 Å². The number of rotatable bonds is 5. The van der Waals surface area contributed by atoms with Crippen LogP contribution in [0.15, 0.2) is 62.6 Å². The van der Waals surface area contributed by atoms with Crippen LogP contribution in [-0.2, 0) is 14.3 Å². The van der Waals surface area contributed by atoms with Crippen molar-refractivity contribution >= 4 is 34.1 Å². The number of halogens is 1. The van der Waals surface area contributed by atoms with E-state index in [0.717, 1.165) is 6.07 Å². The van der Waals surface area contributed by atoms with Crippen molar-refractivity contribution in [3.05, 3.63) is 75.3 Å². The fraction of sp³-hybridized carbons (Fsp3) is 0.174. The maximum absolute atomic E-state index is 14.5. The zero-order valence-corrected chi connectivity index (χ0v) is 18.9. The van der Waals surface area contributed by atoms with Crippen LogP contribution in [0.1, 0.15) is 0 Å². The normalized spacial score (nSPS) is 17.5. The first-order valence-corrected chi connectivity index (χ1v) is 10.9. The summed E-state index contributed by atoms with van der Waals surface area (Å²) in [5.74, 6) is -3.95. The van der Waals surface area contributed by atoms with E-state index in [-0.39, 0.29) is 35.8 Å². The Labute approximate surface area is 205 Å². The first-order valence-electron chi connectivity index (χ1n) is 10.9. The second kappa shape index (κ2) is 9.09. The number of nitrogens with two attached hydrogens (primary N) is 1. The van der Waals surface area contributed by atoms with E-state index >= 15 is 0 Å². The molecular weight excluding hydrogens is 491 g/mol. The van der Waals surface area contributed by atoms with Crippen molar-refractivity contribution < 1.29 is 28.3 Å². The fourth-order valence-electron chi connectivity index (χ4n) is 3.95. The number of fused-ring (bicyclic) bond motifs is 1. The molecule has 2 aromatic carbocycles. The van der Waals surface area contributed by atoms with Crippen molar-refractivity contribution in [2.45, 2.75) is 11.8 Å². The van der Waals surface area contributed by atoms with Gasteiger partial charge in [0.05, 0.1) is 12.2 Å². The van der Waals surface area contributed by atoms with Crippen molar-refractivity contribution in [3.63, 3.8) is 0 Å². The van der Waals surface area contributed by atoms with Gasteiger partial charge in [-0.3, -0.25) is 20.1 Å². The number of aliphatic hydroxyl groups is 1. The van der Waals surface area contributed by atoms with Gasteiger partial charge in [-0.1, -0.05) is 0 Å². The number of amides is 2. The molecule has 0 bridgehead atoms. The van der Waals surface area contributed by atoms with Gasteiger partial charge in [-0.15, -0.1) is 0 Å². The topological polar surface area (TPSA) is 197 Å². The second-order valence-electron chi connectivity index (χ2n) is 8.24. The molecule has 0 radical (unpaired) electrons. The van der Waals surface area contributed by atoms with E-state index in [4.69, 9.17) is 10.5 Å². The molecule has 1 saturated heterocycles. The van der Waals surface area contributed by atoms with Crippen LogP contribution in [0.4, 0.5) is 15.8 Å². The predicted molar refractivity (Wildman–Crippen MR) is 127 cm³/mol. The number of nitrogens with one attached hydrogen (secondary N) is 3. The lowest BCUT2D eigenvalue weighted by atomic mass is 10.0. The van der Waals surface area contributed by atoms with Crippen molar-refractivity contribution in [2.75, 3.05) is 23.4 Å². The molecule has 14 heteroatoms. The standard InChI is InChI=1S/C23H19FN6O7/c24-15-10-12(2-4-14(15)19-28-22(34)37-29-19)26-21(33)23(25,35)18-20(32)30(7-8-36-18)13-3-5-16-11(9-13)1-6-17(31)27-16/h1-6,9-10,18,35H,7-8,25H2,(H,26,33)(H,27,31)(H,28,29,34)/t18-,23-/m0/s1. The van der Waals surface area contributed by atoms with Crippen molar-refractivity contribution in [3.8, 4) is 11.4 Å². The van der Waals surface area contributed by atoms with E-state index in [2.05, 4.69) is 25.0 Å². The smallest absolute Gasteiger partial charge is 0.365 e. The van der Waals surface area contributed by atoms with Gasteiger partial charge in [0, 0.05) is 34.9 Å². The van der Waals surface area contributed by atoms with E-state index in [1.807, 2.05) is 0 Å². The summed E-state index contributed by atoms with van der Waals surface area (Å²) < 4.78 is 24.3. The Morgan fingerprint density at radius 1 is 1.19 bits per heavy atom. The highest BCUT2D eigenvalue weighted by molar-refractivity contribution is 6.06. The molecule has 0 saturated carbocycles. The zero-order valence-electron chi connectivity index (χ0n) is 18.9. The Morgan fingerprint density at radius 2 is 2.00 bits per heavy atom. The molecular formula is C23H19FN6O7. The van der Waals surface area contributed by atoms with Gasteiger partial charge in [0.25, 0.3) is 11.8 Å². The zero-order chi connectivity index (χ0) is 26.3. The maximum Gasteiger partial charge on any atom is 0.460 e. The lowest BCUT2D eigenvalue weighted by Crippen LogP contribution is -2.67. The number of hydrogen-bond donors (Lipinski definition) is 5. The molecule has 190 valence electrons. The summed E-state index contributed by atoms with van der Waals surface area (Å²) in [6, 6.07) is 11.2. The third-order valence-electron chi connectivity index (χ3n) is 5.79. The summed E-state index contributed by atoms with van der Waals surface area (Å²) in [7, 11) is 0. The van der Waals surface area contributed by atoms with Gasteiger partial charge in [-0.05, 0) is 42.5 Å². The third-order valence-corrected chi connectivity index (χ3v) is 5.79. The Hall–Kier alpha value is -4.66. The number of carbonyl (C=O) groups is 2. The summed E-state index contributed by atoms with van der Waals surface area (Å²) >= 11 is 0. The van der Waals surface area contributed by atoms with Crippen LogP contribution in [0, 0.1) is 5.82 Å². The van der Waals surface area contributed by atoms with Crippen LogP contribution in [0.5, 0.6) is 0 Å². The number of pyridine rings is 1. The van der Waals surface area contributed by atoms with Gasteiger partial charge in [0.1, 0.15) is 5.82 Å². The highest BCUT2D eigenvalue weighted by Crippen LogP contribution is 2.27. The number of benzene rings is 2. The van der Waals surface area contributed by atoms with Crippen molar-refractivity contribution in [1.82, 2.24) is 15.1 Å². The van der Waals surface area contributed by atoms with Crippen LogP contribution >= 0.6 is 0 Å². The Balaban J connectivity index is 1.35. The van der Waals surface area contributed by atoms with E-state index in [1.54, 1.807) is 24.3 Å². The number of aromatic nitrogens is 3. The summed E-state index contributed by atoms with van der Waals surface area (Å²) in [5, 5.41) is 15.9. The molecule has 13 nitrogen and oxygen atoms in total. The Kier molecular flexibility index (Phi) is 5.91. The van der Waals surface area contributed by atoms with Crippen LogP contribution in [0.3, 0.4) is 0 Å². The van der Waals surface area contributed by atoms with Gasteiger partial charge >= 0.3 is 5.76 Å². The van der Waals surface area contributed by atoms with E-state index in [0.29, 0.717) is 16.6 Å². The average molecular weight is 510 g/mol. The van der Waals surface area contributed by atoms with Gasteiger partial charge < -0.3 is 29.6 Å². The minimum absolute atomic E-state index is 0.0356. The number of H-pyrrole nitrogens is 2. The molecule has 1 fully saturated rings.